The van der Waals surface area contributed by atoms with Gasteiger partial charge in [0.1, 0.15) is 17.3 Å². The standard InChI is InChI=1S/C14H11FN2O2S/c1-16-12-10(15)8-11(19-14-17-5-7-20-14)9-4-2-3-6-18-13(9)12/h5,7-8H,2-4,6H2. The van der Waals surface area contributed by atoms with Crippen LogP contribution in [0.1, 0.15) is 18.4 Å². The fourth-order valence-corrected chi connectivity index (χ4v) is 2.65. The van der Waals surface area contributed by atoms with E-state index in [4.69, 9.17) is 16.0 Å². The molecular weight excluding hydrogens is 279 g/mol. The Morgan fingerprint density at radius 2 is 2.35 bits per heavy atom. The maximum Gasteiger partial charge on any atom is 0.278 e. The summed E-state index contributed by atoms with van der Waals surface area (Å²) in [5.74, 6) is 0.0954. The Hall–Kier alpha value is -2.13. The Kier molecular flexibility index (Phi) is 3.52. The highest BCUT2D eigenvalue weighted by atomic mass is 32.1. The molecule has 0 bridgehead atoms. The van der Waals surface area contributed by atoms with Crippen molar-refractivity contribution in [3.05, 3.63) is 40.4 Å². The average molecular weight is 290 g/mol. The van der Waals surface area contributed by atoms with Crippen LogP contribution in [-0.4, -0.2) is 11.6 Å². The minimum absolute atomic E-state index is 0.0617. The molecule has 0 spiro atoms. The third kappa shape index (κ3) is 2.32. The number of halogens is 1. The van der Waals surface area contributed by atoms with E-state index in [1.165, 1.54) is 17.4 Å². The van der Waals surface area contributed by atoms with Crippen molar-refractivity contribution in [1.82, 2.24) is 4.98 Å². The zero-order valence-electron chi connectivity index (χ0n) is 10.6. The summed E-state index contributed by atoms with van der Waals surface area (Å²) in [5.41, 5.74) is 0.693. The van der Waals surface area contributed by atoms with Gasteiger partial charge in [-0.1, -0.05) is 11.3 Å². The first-order valence-corrected chi connectivity index (χ1v) is 7.10. The molecule has 0 amide bonds. The third-order valence-corrected chi connectivity index (χ3v) is 3.71. The second-order valence-electron chi connectivity index (χ2n) is 4.33. The van der Waals surface area contributed by atoms with Crippen LogP contribution in [0.25, 0.3) is 4.85 Å². The van der Waals surface area contributed by atoms with E-state index >= 15 is 0 Å². The number of ether oxygens (including phenoxy) is 2. The predicted octanol–water partition coefficient (Wildman–Crippen LogP) is 4.34. The molecule has 2 heterocycles. The molecule has 1 aliphatic rings. The summed E-state index contributed by atoms with van der Waals surface area (Å²) in [6, 6.07) is 1.25. The molecule has 0 fully saturated rings. The topological polar surface area (TPSA) is 35.7 Å². The van der Waals surface area contributed by atoms with Crippen molar-refractivity contribution in [3.63, 3.8) is 0 Å². The van der Waals surface area contributed by atoms with Crippen LogP contribution in [0.4, 0.5) is 10.1 Å². The van der Waals surface area contributed by atoms with Gasteiger partial charge < -0.3 is 9.47 Å². The first-order valence-electron chi connectivity index (χ1n) is 6.22. The Morgan fingerprint density at radius 3 is 3.10 bits per heavy atom. The van der Waals surface area contributed by atoms with Gasteiger partial charge in [-0.3, -0.25) is 0 Å². The number of hydrogen-bond acceptors (Lipinski definition) is 4. The fourth-order valence-electron chi connectivity index (χ4n) is 2.15. The molecule has 1 aliphatic heterocycles. The molecule has 102 valence electrons. The summed E-state index contributed by atoms with van der Waals surface area (Å²) in [6.45, 7) is 7.61. The summed E-state index contributed by atoms with van der Waals surface area (Å²) in [7, 11) is 0. The maximum atomic E-state index is 14.0. The normalized spacial score (nSPS) is 13.8. The fraction of sp³-hybridized carbons (Fsp3) is 0.286. The van der Waals surface area contributed by atoms with E-state index in [0.29, 0.717) is 29.7 Å². The largest absolute Gasteiger partial charge is 0.504 e. The number of aromatic nitrogens is 1. The highest BCUT2D eigenvalue weighted by Crippen LogP contribution is 2.43. The van der Waals surface area contributed by atoms with Crippen molar-refractivity contribution >= 4 is 17.0 Å². The van der Waals surface area contributed by atoms with Gasteiger partial charge in [-0.05, 0) is 19.3 Å². The number of fused-ring (bicyclic) bond motifs is 1. The zero-order chi connectivity index (χ0) is 13.9. The van der Waals surface area contributed by atoms with Crippen LogP contribution in [0.15, 0.2) is 17.6 Å². The van der Waals surface area contributed by atoms with E-state index in [2.05, 4.69) is 9.83 Å². The minimum atomic E-state index is -0.618. The number of rotatable bonds is 2. The molecule has 0 unspecified atom stereocenters. The first-order chi connectivity index (χ1) is 9.79. The van der Waals surface area contributed by atoms with Crippen LogP contribution in [-0.2, 0) is 6.42 Å². The van der Waals surface area contributed by atoms with Crippen LogP contribution in [0.3, 0.4) is 0 Å². The quantitative estimate of drug-likeness (QED) is 0.772. The number of thiazole rings is 1. The molecule has 0 radical (unpaired) electrons. The summed E-state index contributed by atoms with van der Waals surface area (Å²) in [4.78, 5) is 7.27. The Balaban J connectivity index is 2.10. The third-order valence-electron chi connectivity index (χ3n) is 3.06. The lowest BCUT2D eigenvalue weighted by Gasteiger charge is -2.14. The second-order valence-corrected chi connectivity index (χ2v) is 5.19. The van der Waals surface area contributed by atoms with Gasteiger partial charge in [0, 0.05) is 23.2 Å². The molecule has 0 N–H and O–H groups in total. The molecule has 1 aromatic carbocycles. The van der Waals surface area contributed by atoms with E-state index < -0.39 is 5.82 Å². The van der Waals surface area contributed by atoms with Crippen molar-refractivity contribution in [2.24, 2.45) is 0 Å². The Morgan fingerprint density at radius 1 is 1.45 bits per heavy atom. The van der Waals surface area contributed by atoms with Gasteiger partial charge in [-0.25, -0.2) is 14.2 Å². The van der Waals surface area contributed by atoms with Gasteiger partial charge in [-0.2, -0.15) is 0 Å². The Labute approximate surface area is 119 Å². The van der Waals surface area contributed by atoms with Crippen molar-refractivity contribution in [2.75, 3.05) is 6.61 Å². The molecule has 1 aromatic heterocycles. The zero-order valence-corrected chi connectivity index (χ0v) is 11.4. The highest BCUT2D eigenvalue weighted by molar-refractivity contribution is 7.11. The lowest BCUT2D eigenvalue weighted by atomic mass is 10.1. The lowest BCUT2D eigenvalue weighted by Crippen LogP contribution is -1.98. The molecule has 4 nitrogen and oxygen atoms in total. The van der Waals surface area contributed by atoms with Crippen LogP contribution in [0.5, 0.6) is 16.7 Å². The van der Waals surface area contributed by atoms with Crippen molar-refractivity contribution in [2.45, 2.75) is 19.3 Å². The van der Waals surface area contributed by atoms with Crippen LogP contribution in [0.2, 0.25) is 0 Å². The molecule has 0 saturated heterocycles. The molecule has 0 saturated carbocycles. The van der Waals surface area contributed by atoms with E-state index in [0.717, 1.165) is 18.4 Å². The second kappa shape index (κ2) is 5.47. The summed E-state index contributed by atoms with van der Waals surface area (Å²) < 4.78 is 25.2. The molecule has 3 rings (SSSR count). The van der Waals surface area contributed by atoms with Crippen molar-refractivity contribution < 1.29 is 13.9 Å². The molecule has 2 aromatic rings. The molecule has 6 heteroatoms. The van der Waals surface area contributed by atoms with Gasteiger partial charge in [0.25, 0.3) is 10.9 Å². The predicted molar refractivity (Wildman–Crippen MR) is 73.3 cm³/mol. The monoisotopic (exact) mass is 290 g/mol. The number of hydrogen-bond donors (Lipinski definition) is 0. The van der Waals surface area contributed by atoms with Gasteiger partial charge in [0.15, 0.2) is 0 Å². The van der Waals surface area contributed by atoms with Crippen LogP contribution < -0.4 is 9.47 Å². The average Bonchev–Trinajstić information content (AvgIpc) is 2.82. The van der Waals surface area contributed by atoms with Crippen LogP contribution in [0, 0.1) is 12.4 Å². The number of nitrogens with zero attached hydrogens (tertiary/aromatic N) is 2. The smallest absolute Gasteiger partial charge is 0.278 e. The van der Waals surface area contributed by atoms with Crippen molar-refractivity contribution in [3.8, 4) is 16.7 Å². The first kappa shape index (κ1) is 12.9. The molecule has 20 heavy (non-hydrogen) atoms. The van der Waals surface area contributed by atoms with Gasteiger partial charge in [0.2, 0.25) is 0 Å². The summed E-state index contributed by atoms with van der Waals surface area (Å²) in [6.07, 6.45) is 4.13. The van der Waals surface area contributed by atoms with E-state index in [1.807, 2.05) is 0 Å². The van der Waals surface area contributed by atoms with E-state index in [1.54, 1.807) is 11.6 Å². The van der Waals surface area contributed by atoms with Crippen LogP contribution >= 0.6 is 11.3 Å². The Bertz CT molecular complexity index is 665. The highest BCUT2D eigenvalue weighted by Gasteiger charge is 2.23. The van der Waals surface area contributed by atoms with Gasteiger partial charge in [0.05, 0.1) is 13.2 Å². The maximum absolute atomic E-state index is 14.0. The minimum Gasteiger partial charge on any atom is -0.504 e. The SMILES string of the molecule is [C-]#[N+]c1c(F)cc(Oc2nccs2)c2c1OCCCC2. The van der Waals surface area contributed by atoms with E-state index in [-0.39, 0.29) is 5.69 Å². The van der Waals surface area contributed by atoms with Gasteiger partial charge >= 0.3 is 0 Å². The van der Waals surface area contributed by atoms with E-state index in [9.17, 15) is 4.39 Å². The summed E-state index contributed by atoms with van der Waals surface area (Å²) >= 11 is 1.33. The molecule has 0 aliphatic carbocycles. The molecular formula is C14H11FN2O2S. The van der Waals surface area contributed by atoms with Crippen molar-refractivity contribution in [1.29, 1.82) is 0 Å². The summed E-state index contributed by atoms with van der Waals surface area (Å²) in [5, 5.41) is 2.24. The molecule has 0 atom stereocenters. The number of benzene rings is 1. The lowest BCUT2D eigenvalue weighted by molar-refractivity contribution is 0.316. The van der Waals surface area contributed by atoms with Gasteiger partial charge in [-0.15, -0.1) is 0 Å².